The molecule has 1 aromatic carbocycles. The van der Waals surface area contributed by atoms with E-state index in [1.807, 2.05) is 36.1 Å². The molecule has 6 nitrogen and oxygen atoms in total. The zero-order chi connectivity index (χ0) is 17.2. The van der Waals surface area contributed by atoms with Crippen molar-refractivity contribution >= 4 is 5.91 Å². The van der Waals surface area contributed by atoms with Crippen LogP contribution in [0.3, 0.4) is 0 Å². The van der Waals surface area contributed by atoms with Gasteiger partial charge < -0.3 is 14.4 Å². The number of aromatic nitrogens is 2. The molecule has 0 aliphatic carbocycles. The molecule has 1 aromatic heterocycles. The molecule has 0 saturated carbocycles. The number of amides is 1. The molecule has 6 heteroatoms. The molecule has 2 aromatic rings. The van der Waals surface area contributed by atoms with Gasteiger partial charge >= 0.3 is 0 Å². The van der Waals surface area contributed by atoms with Crippen LogP contribution in [-0.2, 0) is 4.79 Å². The van der Waals surface area contributed by atoms with E-state index in [1.165, 1.54) is 0 Å². The normalized spacial score (nSPS) is 21.0. The Kier molecular flexibility index (Phi) is 4.34. The van der Waals surface area contributed by atoms with Crippen molar-refractivity contribution in [3.05, 3.63) is 41.7 Å². The summed E-state index contributed by atoms with van der Waals surface area (Å²) in [4.78, 5) is 15.0. The van der Waals surface area contributed by atoms with E-state index in [2.05, 4.69) is 10.2 Å². The van der Waals surface area contributed by atoms with Gasteiger partial charge in [-0.05, 0) is 43.5 Å². The smallest absolute Gasteiger partial charge is 0.229 e. The molecule has 2 aliphatic rings. The van der Waals surface area contributed by atoms with Crippen molar-refractivity contribution in [3.8, 4) is 11.5 Å². The van der Waals surface area contributed by atoms with Gasteiger partial charge in [0.25, 0.3) is 0 Å². The van der Waals surface area contributed by atoms with Crippen LogP contribution in [-0.4, -0.2) is 47.3 Å². The molecular formula is C19H23N3O3. The fourth-order valence-electron chi connectivity index (χ4n) is 3.67. The van der Waals surface area contributed by atoms with E-state index < -0.39 is 0 Å². The minimum absolute atomic E-state index is 0.167. The number of likely N-dealkylation sites (tertiary alicyclic amines) is 1. The van der Waals surface area contributed by atoms with Gasteiger partial charge in [0.2, 0.25) is 5.91 Å². The van der Waals surface area contributed by atoms with Gasteiger partial charge in [-0.15, -0.1) is 0 Å². The maximum absolute atomic E-state index is 13.0. The molecule has 1 amide bonds. The third kappa shape index (κ3) is 3.21. The van der Waals surface area contributed by atoms with Crippen LogP contribution in [0.5, 0.6) is 11.5 Å². The Morgan fingerprint density at radius 2 is 2.12 bits per heavy atom. The third-order valence-corrected chi connectivity index (χ3v) is 5.13. The summed E-state index contributed by atoms with van der Waals surface area (Å²) in [6, 6.07) is 7.81. The molecule has 0 unspecified atom stereocenters. The molecule has 0 radical (unpaired) electrons. The maximum atomic E-state index is 13.0. The highest BCUT2D eigenvalue weighted by Gasteiger charge is 2.29. The molecule has 1 fully saturated rings. The number of aromatic amines is 1. The average Bonchev–Trinajstić information content (AvgIpc) is 3.21. The number of carbonyl (C=O) groups excluding carboxylic acids is 1. The molecule has 132 valence electrons. The quantitative estimate of drug-likeness (QED) is 0.932. The molecular weight excluding hydrogens is 318 g/mol. The Balaban J connectivity index is 1.48. The average molecular weight is 341 g/mol. The first-order valence-electron chi connectivity index (χ1n) is 8.90. The van der Waals surface area contributed by atoms with Gasteiger partial charge in [0.15, 0.2) is 11.5 Å². The number of nitrogens with zero attached hydrogens (tertiary/aromatic N) is 2. The molecule has 2 aliphatic heterocycles. The summed E-state index contributed by atoms with van der Waals surface area (Å²) in [5, 5.41) is 7.08. The lowest BCUT2D eigenvalue weighted by atomic mass is 9.92. The van der Waals surface area contributed by atoms with Crippen molar-refractivity contribution in [1.29, 1.82) is 0 Å². The summed E-state index contributed by atoms with van der Waals surface area (Å²) in [6.07, 6.45) is 3.88. The number of nitrogens with one attached hydrogen (secondary N) is 1. The lowest BCUT2D eigenvalue weighted by Gasteiger charge is -2.34. The SMILES string of the molecule is C[C@H](C(=O)N1CCC[C@@H](c2ccn[nH]2)C1)c1ccc2c(c1)OCCO2. The molecule has 3 heterocycles. The number of carbonyl (C=O) groups is 1. The van der Waals surface area contributed by atoms with Gasteiger partial charge in [-0.25, -0.2) is 0 Å². The second-order valence-electron chi connectivity index (χ2n) is 6.76. The second-order valence-corrected chi connectivity index (χ2v) is 6.76. The van der Waals surface area contributed by atoms with Gasteiger partial charge in [0.1, 0.15) is 13.2 Å². The zero-order valence-electron chi connectivity index (χ0n) is 14.4. The van der Waals surface area contributed by atoms with Gasteiger partial charge in [-0.2, -0.15) is 5.10 Å². The Labute approximate surface area is 147 Å². The van der Waals surface area contributed by atoms with Crippen LogP contribution in [0.4, 0.5) is 0 Å². The molecule has 2 atom stereocenters. The highest BCUT2D eigenvalue weighted by Crippen LogP contribution is 2.34. The molecule has 0 spiro atoms. The first-order valence-corrected chi connectivity index (χ1v) is 8.90. The molecule has 25 heavy (non-hydrogen) atoms. The first-order chi connectivity index (χ1) is 12.2. The number of H-pyrrole nitrogens is 1. The van der Waals surface area contributed by atoms with E-state index in [0.717, 1.165) is 48.7 Å². The standard InChI is InChI=1S/C19H23N3O3/c1-13(14-4-5-17-18(11-14)25-10-9-24-17)19(23)22-8-2-3-15(12-22)16-6-7-20-21-16/h4-7,11,13,15H,2-3,8-10,12H2,1H3,(H,20,21)/t13-,15+/m0/s1. The molecule has 1 saturated heterocycles. The summed E-state index contributed by atoms with van der Waals surface area (Å²) in [6.45, 7) is 4.65. The van der Waals surface area contributed by atoms with E-state index in [1.54, 1.807) is 6.20 Å². The predicted octanol–water partition coefficient (Wildman–Crippen LogP) is 2.69. The van der Waals surface area contributed by atoms with Crippen molar-refractivity contribution in [3.63, 3.8) is 0 Å². The summed E-state index contributed by atoms with van der Waals surface area (Å²) < 4.78 is 11.2. The summed E-state index contributed by atoms with van der Waals surface area (Å²) >= 11 is 0. The van der Waals surface area contributed by atoms with Crippen LogP contribution in [0.1, 0.15) is 42.9 Å². The Bertz CT molecular complexity index is 744. The summed E-state index contributed by atoms with van der Waals surface area (Å²) in [5.74, 6) is 1.80. The van der Waals surface area contributed by atoms with E-state index in [-0.39, 0.29) is 11.8 Å². The number of rotatable bonds is 3. The monoisotopic (exact) mass is 341 g/mol. The predicted molar refractivity (Wildman–Crippen MR) is 93.0 cm³/mol. The van der Waals surface area contributed by atoms with Crippen LogP contribution in [0.15, 0.2) is 30.5 Å². The fraction of sp³-hybridized carbons (Fsp3) is 0.474. The third-order valence-electron chi connectivity index (χ3n) is 5.13. The van der Waals surface area contributed by atoms with Crippen molar-refractivity contribution in [2.45, 2.75) is 31.6 Å². The summed E-state index contributed by atoms with van der Waals surface area (Å²) in [7, 11) is 0. The number of benzene rings is 1. The van der Waals surface area contributed by atoms with E-state index >= 15 is 0 Å². The van der Waals surface area contributed by atoms with Crippen LogP contribution >= 0.6 is 0 Å². The van der Waals surface area contributed by atoms with Crippen molar-refractivity contribution in [2.24, 2.45) is 0 Å². The van der Waals surface area contributed by atoms with Crippen LogP contribution < -0.4 is 9.47 Å². The second kappa shape index (κ2) is 6.78. The summed E-state index contributed by atoms with van der Waals surface area (Å²) in [5.41, 5.74) is 2.09. The zero-order valence-corrected chi connectivity index (χ0v) is 14.4. The highest BCUT2D eigenvalue weighted by molar-refractivity contribution is 5.83. The van der Waals surface area contributed by atoms with Crippen LogP contribution in [0.2, 0.25) is 0 Å². The van der Waals surface area contributed by atoms with E-state index in [9.17, 15) is 4.79 Å². The largest absolute Gasteiger partial charge is 0.486 e. The fourth-order valence-corrected chi connectivity index (χ4v) is 3.67. The minimum atomic E-state index is -0.198. The molecule has 4 rings (SSSR count). The molecule has 0 bridgehead atoms. The highest BCUT2D eigenvalue weighted by atomic mass is 16.6. The first kappa shape index (κ1) is 16.0. The lowest BCUT2D eigenvalue weighted by Crippen LogP contribution is -2.41. The number of ether oxygens (including phenoxy) is 2. The maximum Gasteiger partial charge on any atom is 0.229 e. The number of fused-ring (bicyclic) bond motifs is 1. The van der Waals surface area contributed by atoms with Gasteiger partial charge in [-0.3, -0.25) is 9.89 Å². The van der Waals surface area contributed by atoms with Gasteiger partial charge in [0, 0.05) is 30.9 Å². The number of hydrogen-bond acceptors (Lipinski definition) is 4. The van der Waals surface area contributed by atoms with E-state index in [4.69, 9.17) is 9.47 Å². The lowest BCUT2D eigenvalue weighted by molar-refractivity contribution is -0.133. The van der Waals surface area contributed by atoms with Crippen molar-refractivity contribution in [1.82, 2.24) is 15.1 Å². The topological polar surface area (TPSA) is 67.5 Å². The Morgan fingerprint density at radius 3 is 2.92 bits per heavy atom. The van der Waals surface area contributed by atoms with Gasteiger partial charge in [-0.1, -0.05) is 6.07 Å². The van der Waals surface area contributed by atoms with Gasteiger partial charge in [0.05, 0.1) is 5.92 Å². The molecule has 1 N–H and O–H groups in total. The van der Waals surface area contributed by atoms with Crippen molar-refractivity contribution < 1.29 is 14.3 Å². The van der Waals surface area contributed by atoms with E-state index in [0.29, 0.717) is 19.1 Å². The van der Waals surface area contributed by atoms with Crippen LogP contribution in [0, 0.1) is 0 Å². The minimum Gasteiger partial charge on any atom is -0.486 e. The number of piperidine rings is 1. The Morgan fingerprint density at radius 1 is 1.28 bits per heavy atom. The van der Waals surface area contributed by atoms with Crippen LogP contribution in [0.25, 0.3) is 0 Å². The van der Waals surface area contributed by atoms with Crippen molar-refractivity contribution in [2.75, 3.05) is 26.3 Å². The number of hydrogen-bond donors (Lipinski definition) is 1. The Hall–Kier alpha value is -2.50.